The van der Waals surface area contributed by atoms with Crippen molar-refractivity contribution in [3.8, 4) is 0 Å². The van der Waals surface area contributed by atoms with Crippen LogP contribution in [0.2, 0.25) is 0 Å². The van der Waals surface area contributed by atoms with Gasteiger partial charge in [-0.1, -0.05) is 5.16 Å². The fraction of sp³-hybridized carbons (Fsp3) is 0.533. The highest BCUT2D eigenvalue weighted by molar-refractivity contribution is 5.30. The zero-order valence-corrected chi connectivity index (χ0v) is 12.6. The molecule has 0 aromatic carbocycles. The van der Waals surface area contributed by atoms with Crippen molar-refractivity contribution in [2.24, 2.45) is 5.92 Å². The molecule has 0 saturated carbocycles. The zero-order valence-electron chi connectivity index (χ0n) is 12.6. The van der Waals surface area contributed by atoms with E-state index in [0.29, 0.717) is 25.1 Å². The van der Waals surface area contributed by atoms with Crippen molar-refractivity contribution in [2.45, 2.75) is 33.2 Å². The van der Waals surface area contributed by atoms with Crippen molar-refractivity contribution in [1.29, 1.82) is 0 Å². The molecule has 2 aromatic rings. The number of nitrogens with one attached hydrogen (secondary N) is 1. The molecule has 1 aliphatic rings. The van der Waals surface area contributed by atoms with Gasteiger partial charge in [0, 0.05) is 29.8 Å². The first kappa shape index (κ1) is 14.0. The molecular formula is C15H20N4O2. The molecule has 0 radical (unpaired) electrons. The molecule has 21 heavy (non-hydrogen) atoms. The quantitative estimate of drug-likeness (QED) is 0.928. The normalized spacial score (nSPS) is 21.7. The first-order valence-corrected chi connectivity index (χ1v) is 7.19. The molecule has 0 bridgehead atoms. The molecule has 2 atom stereocenters. The number of nitrogens with zero attached hydrogens (tertiary/aromatic N) is 3. The van der Waals surface area contributed by atoms with Gasteiger partial charge in [-0.2, -0.15) is 0 Å². The summed E-state index contributed by atoms with van der Waals surface area (Å²) >= 11 is 0. The van der Waals surface area contributed by atoms with Crippen LogP contribution in [0, 0.1) is 26.7 Å². The minimum absolute atomic E-state index is 0.191. The van der Waals surface area contributed by atoms with Crippen molar-refractivity contribution < 1.29 is 9.26 Å². The van der Waals surface area contributed by atoms with Crippen molar-refractivity contribution in [2.75, 3.05) is 18.5 Å². The molecule has 0 aliphatic carbocycles. The Morgan fingerprint density at radius 1 is 1.10 bits per heavy atom. The van der Waals surface area contributed by atoms with Crippen molar-refractivity contribution in [1.82, 2.24) is 15.1 Å². The predicted octanol–water partition coefficient (Wildman–Crippen LogP) is 2.06. The number of rotatable bonds is 4. The third-order valence-corrected chi connectivity index (χ3v) is 3.64. The van der Waals surface area contributed by atoms with E-state index in [1.165, 1.54) is 0 Å². The highest BCUT2D eigenvalue weighted by atomic mass is 16.5. The molecule has 0 unspecified atom stereocenters. The van der Waals surface area contributed by atoms with E-state index < -0.39 is 0 Å². The number of anilines is 1. The average molecular weight is 288 g/mol. The summed E-state index contributed by atoms with van der Waals surface area (Å²) in [6, 6.07) is 4.13. The third-order valence-electron chi connectivity index (χ3n) is 3.64. The summed E-state index contributed by atoms with van der Waals surface area (Å²) in [5.41, 5.74) is 2.84. The van der Waals surface area contributed by atoms with Gasteiger partial charge in [-0.15, -0.1) is 0 Å². The second-order valence-corrected chi connectivity index (χ2v) is 5.66. The van der Waals surface area contributed by atoms with Gasteiger partial charge in [-0.3, -0.25) is 0 Å². The van der Waals surface area contributed by atoms with Gasteiger partial charge in [-0.05, 0) is 26.8 Å². The lowest BCUT2D eigenvalue weighted by Crippen LogP contribution is -2.30. The van der Waals surface area contributed by atoms with Crippen LogP contribution in [-0.2, 0) is 11.2 Å². The molecular weight excluding hydrogens is 268 g/mol. The Morgan fingerprint density at radius 2 is 1.86 bits per heavy atom. The summed E-state index contributed by atoms with van der Waals surface area (Å²) in [5, 5.41) is 7.32. The van der Waals surface area contributed by atoms with Crippen molar-refractivity contribution >= 4 is 5.95 Å². The van der Waals surface area contributed by atoms with Gasteiger partial charge >= 0.3 is 0 Å². The van der Waals surface area contributed by atoms with Crippen LogP contribution in [-0.4, -0.2) is 34.4 Å². The van der Waals surface area contributed by atoms with Gasteiger partial charge in [-0.25, -0.2) is 9.97 Å². The maximum atomic E-state index is 5.60. The van der Waals surface area contributed by atoms with Gasteiger partial charge in [0.2, 0.25) is 5.95 Å². The van der Waals surface area contributed by atoms with E-state index in [-0.39, 0.29) is 6.04 Å². The summed E-state index contributed by atoms with van der Waals surface area (Å²) in [6.45, 7) is 7.24. The van der Waals surface area contributed by atoms with E-state index in [4.69, 9.17) is 9.26 Å². The summed E-state index contributed by atoms with van der Waals surface area (Å²) < 4.78 is 10.9. The minimum Gasteiger partial charge on any atom is -0.379 e. The van der Waals surface area contributed by atoms with Gasteiger partial charge in [0.1, 0.15) is 5.76 Å². The van der Waals surface area contributed by atoms with Crippen LogP contribution in [0.4, 0.5) is 5.95 Å². The van der Waals surface area contributed by atoms with E-state index in [1.807, 2.05) is 32.9 Å². The van der Waals surface area contributed by atoms with Crippen LogP contribution in [0.1, 0.15) is 22.8 Å². The minimum atomic E-state index is 0.191. The van der Waals surface area contributed by atoms with E-state index in [0.717, 1.165) is 29.3 Å². The second-order valence-electron chi connectivity index (χ2n) is 5.66. The standard InChI is InChI=1S/C15H20N4O2/c1-9-4-10(2)17-15(16-9)18-14-8-20-7-12(14)6-13-5-11(3)19-21-13/h4-5,12,14H,6-8H2,1-3H3,(H,16,17,18)/t12-,14+/m1/s1. The predicted molar refractivity (Wildman–Crippen MR) is 78.2 cm³/mol. The molecule has 1 N–H and O–H groups in total. The fourth-order valence-corrected chi connectivity index (χ4v) is 2.69. The van der Waals surface area contributed by atoms with Gasteiger partial charge in [0.15, 0.2) is 0 Å². The Hall–Kier alpha value is -1.95. The van der Waals surface area contributed by atoms with Crippen LogP contribution in [0.15, 0.2) is 16.7 Å². The van der Waals surface area contributed by atoms with Crippen LogP contribution < -0.4 is 5.32 Å². The van der Waals surface area contributed by atoms with Gasteiger partial charge < -0.3 is 14.6 Å². The molecule has 3 rings (SSSR count). The fourth-order valence-electron chi connectivity index (χ4n) is 2.69. The first-order valence-electron chi connectivity index (χ1n) is 7.19. The lowest BCUT2D eigenvalue weighted by atomic mass is 9.98. The van der Waals surface area contributed by atoms with Gasteiger partial charge in [0.05, 0.1) is 24.9 Å². The Kier molecular flexibility index (Phi) is 3.88. The van der Waals surface area contributed by atoms with E-state index >= 15 is 0 Å². The Bertz CT molecular complexity index is 606. The van der Waals surface area contributed by atoms with Crippen molar-refractivity contribution in [3.05, 3.63) is 35.0 Å². The zero-order chi connectivity index (χ0) is 14.8. The van der Waals surface area contributed by atoms with Gasteiger partial charge in [0.25, 0.3) is 0 Å². The maximum absolute atomic E-state index is 5.60. The van der Waals surface area contributed by atoms with Crippen LogP contribution >= 0.6 is 0 Å². The Morgan fingerprint density at radius 3 is 2.52 bits per heavy atom. The molecule has 6 heteroatoms. The largest absolute Gasteiger partial charge is 0.379 e. The molecule has 1 aliphatic heterocycles. The molecule has 3 heterocycles. The average Bonchev–Trinajstić information content (AvgIpc) is 2.99. The molecule has 1 saturated heterocycles. The summed E-state index contributed by atoms with van der Waals surface area (Å²) in [7, 11) is 0. The monoisotopic (exact) mass is 288 g/mol. The lowest BCUT2D eigenvalue weighted by molar-refractivity contribution is 0.183. The van der Waals surface area contributed by atoms with Crippen molar-refractivity contribution in [3.63, 3.8) is 0 Å². The molecule has 0 spiro atoms. The SMILES string of the molecule is Cc1cc(C[C@@H]2COC[C@@H]2Nc2nc(C)cc(C)n2)on1. The third kappa shape index (κ3) is 3.39. The molecule has 6 nitrogen and oxygen atoms in total. The summed E-state index contributed by atoms with van der Waals surface area (Å²) in [4.78, 5) is 8.86. The van der Waals surface area contributed by atoms with Crippen LogP contribution in [0.25, 0.3) is 0 Å². The molecule has 1 fully saturated rings. The maximum Gasteiger partial charge on any atom is 0.223 e. The molecule has 0 amide bonds. The highest BCUT2D eigenvalue weighted by Crippen LogP contribution is 2.22. The number of ether oxygens (including phenoxy) is 1. The van der Waals surface area contributed by atoms with E-state index in [2.05, 4.69) is 20.4 Å². The topological polar surface area (TPSA) is 73.1 Å². The summed E-state index contributed by atoms with van der Waals surface area (Å²) in [6.07, 6.45) is 0.809. The van der Waals surface area contributed by atoms with Crippen LogP contribution in [0.3, 0.4) is 0 Å². The summed E-state index contributed by atoms with van der Waals surface area (Å²) in [5.74, 6) is 1.90. The second kappa shape index (κ2) is 5.81. The number of hydrogen-bond acceptors (Lipinski definition) is 6. The highest BCUT2D eigenvalue weighted by Gasteiger charge is 2.30. The Labute approximate surface area is 123 Å². The number of aromatic nitrogens is 3. The number of hydrogen-bond donors (Lipinski definition) is 1. The Balaban J connectivity index is 1.69. The van der Waals surface area contributed by atoms with E-state index in [9.17, 15) is 0 Å². The lowest BCUT2D eigenvalue weighted by Gasteiger charge is -2.18. The van der Waals surface area contributed by atoms with Crippen LogP contribution in [0.5, 0.6) is 0 Å². The molecule has 2 aromatic heterocycles. The molecule has 112 valence electrons. The van der Waals surface area contributed by atoms with E-state index in [1.54, 1.807) is 0 Å². The number of aryl methyl sites for hydroxylation is 3. The smallest absolute Gasteiger partial charge is 0.223 e. The first-order chi connectivity index (χ1) is 10.1.